The van der Waals surface area contributed by atoms with E-state index in [1.54, 1.807) is 0 Å². The fourth-order valence-corrected chi connectivity index (χ4v) is 2.27. The number of carbonyl (C=O) groups is 2. The van der Waals surface area contributed by atoms with Gasteiger partial charge in [-0.25, -0.2) is 0 Å². The Bertz CT molecular complexity index is 587. The highest BCUT2D eigenvalue weighted by atomic mass is 19.4. The topological polar surface area (TPSA) is 58.6 Å². The molecule has 8 heteroatoms. The van der Waals surface area contributed by atoms with E-state index in [0.29, 0.717) is 30.8 Å². The van der Waals surface area contributed by atoms with Gasteiger partial charge in [0.2, 0.25) is 11.8 Å². The van der Waals surface area contributed by atoms with Crippen LogP contribution in [0.2, 0.25) is 0 Å². The quantitative estimate of drug-likeness (QED) is 0.929. The lowest BCUT2D eigenvalue weighted by molar-refractivity contribution is -0.150. The minimum Gasteiger partial charge on any atom is -0.495 e. The first-order valence-electron chi connectivity index (χ1n) is 6.65. The molecule has 22 heavy (non-hydrogen) atoms. The molecule has 1 aromatic carbocycles. The van der Waals surface area contributed by atoms with Gasteiger partial charge in [-0.05, 0) is 24.6 Å². The summed E-state index contributed by atoms with van der Waals surface area (Å²) in [7, 11) is 1.43. The van der Waals surface area contributed by atoms with Crippen LogP contribution in [-0.4, -0.2) is 31.6 Å². The Kier molecular flexibility index (Phi) is 4.58. The fourth-order valence-electron chi connectivity index (χ4n) is 2.27. The summed E-state index contributed by atoms with van der Waals surface area (Å²) in [6.07, 6.45) is -5.01. The Hall–Kier alpha value is -2.25. The van der Waals surface area contributed by atoms with E-state index in [9.17, 15) is 22.8 Å². The Balaban J connectivity index is 2.20. The number of halogens is 3. The van der Waals surface area contributed by atoms with E-state index in [4.69, 9.17) is 4.74 Å². The lowest BCUT2D eigenvalue weighted by Gasteiger charge is -2.20. The second kappa shape index (κ2) is 6.25. The Morgan fingerprint density at radius 1 is 1.41 bits per heavy atom. The third-order valence-corrected chi connectivity index (χ3v) is 3.19. The molecule has 1 saturated heterocycles. The predicted octanol–water partition coefficient (Wildman–Crippen LogP) is 2.71. The molecule has 1 aliphatic heterocycles. The molecule has 0 atom stereocenters. The van der Waals surface area contributed by atoms with E-state index in [0.717, 1.165) is 0 Å². The average Bonchev–Trinajstić information content (AvgIpc) is 2.82. The van der Waals surface area contributed by atoms with Gasteiger partial charge in [-0.2, -0.15) is 13.2 Å². The standard InChI is InChI=1S/C14H15F3N2O3/c1-22-11-5-4-9(18-12(20)8-14(15,16)17)7-10(11)19-6-2-3-13(19)21/h4-5,7H,2-3,6,8H2,1H3,(H,18,20). The molecule has 0 aromatic heterocycles. The Morgan fingerprint density at radius 2 is 2.14 bits per heavy atom. The summed E-state index contributed by atoms with van der Waals surface area (Å²) < 4.78 is 41.7. The number of nitrogens with zero attached hydrogens (tertiary/aromatic N) is 1. The third-order valence-electron chi connectivity index (χ3n) is 3.19. The van der Waals surface area contributed by atoms with E-state index in [1.807, 2.05) is 0 Å². The number of methoxy groups -OCH3 is 1. The molecule has 0 bridgehead atoms. The van der Waals surface area contributed by atoms with Gasteiger partial charge in [0.1, 0.15) is 12.2 Å². The van der Waals surface area contributed by atoms with Crippen molar-refractivity contribution in [3.63, 3.8) is 0 Å². The van der Waals surface area contributed by atoms with E-state index >= 15 is 0 Å². The zero-order chi connectivity index (χ0) is 16.3. The van der Waals surface area contributed by atoms with Crippen molar-refractivity contribution in [2.24, 2.45) is 0 Å². The van der Waals surface area contributed by atoms with Crippen LogP contribution < -0.4 is 15.0 Å². The summed E-state index contributed by atoms with van der Waals surface area (Å²) in [4.78, 5) is 24.6. The molecule has 0 saturated carbocycles. The smallest absolute Gasteiger partial charge is 0.397 e. The first-order chi connectivity index (χ1) is 10.3. The number of alkyl halides is 3. The maximum absolute atomic E-state index is 12.2. The summed E-state index contributed by atoms with van der Waals surface area (Å²) in [6, 6.07) is 4.37. The third kappa shape index (κ3) is 3.90. The van der Waals surface area contributed by atoms with E-state index in [-0.39, 0.29) is 11.6 Å². The van der Waals surface area contributed by atoms with Crippen molar-refractivity contribution < 1.29 is 27.5 Å². The van der Waals surface area contributed by atoms with Gasteiger partial charge < -0.3 is 15.0 Å². The number of hydrogen-bond acceptors (Lipinski definition) is 3. The maximum atomic E-state index is 12.2. The van der Waals surface area contributed by atoms with Crippen LogP contribution in [0.4, 0.5) is 24.5 Å². The first kappa shape index (κ1) is 16.1. The highest BCUT2D eigenvalue weighted by molar-refractivity contribution is 5.98. The highest BCUT2D eigenvalue weighted by Gasteiger charge is 2.31. The van der Waals surface area contributed by atoms with Crippen LogP contribution in [0.15, 0.2) is 18.2 Å². The fraction of sp³-hybridized carbons (Fsp3) is 0.429. The van der Waals surface area contributed by atoms with Gasteiger partial charge in [0.05, 0.1) is 12.8 Å². The number of carbonyl (C=O) groups excluding carboxylic acids is 2. The van der Waals surface area contributed by atoms with Gasteiger partial charge in [-0.3, -0.25) is 9.59 Å². The molecular weight excluding hydrogens is 301 g/mol. The summed E-state index contributed by atoms with van der Waals surface area (Å²) in [5.41, 5.74) is 0.625. The molecule has 0 spiro atoms. The molecule has 1 N–H and O–H groups in total. The van der Waals surface area contributed by atoms with E-state index < -0.39 is 18.5 Å². The van der Waals surface area contributed by atoms with Gasteiger partial charge in [0, 0.05) is 18.7 Å². The number of rotatable bonds is 4. The molecule has 2 amide bonds. The second-order valence-corrected chi connectivity index (χ2v) is 4.88. The van der Waals surface area contributed by atoms with Crippen molar-refractivity contribution in [3.05, 3.63) is 18.2 Å². The van der Waals surface area contributed by atoms with Crippen LogP contribution in [0.1, 0.15) is 19.3 Å². The van der Waals surface area contributed by atoms with Crippen molar-refractivity contribution in [1.29, 1.82) is 0 Å². The van der Waals surface area contributed by atoms with Crippen LogP contribution >= 0.6 is 0 Å². The normalized spacial score (nSPS) is 15.1. The van der Waals surface area contributed by atoms with Crippen LogP contribution in [0.5, 0.6) is 5.75 Å². The molecule has 0 unspecified atom stereocenters. The van der Waals surface area contributed by atoms with E-state index in [1.165, 1.54) is 30.2 Å². The lowest BCUT2D eigenvalue weighted by atomic mass is 10.2. The molecule has 1 aromatic rings. The van der Waals surface area contributed by atoms with Crippen molar-refractivity contribution in [3.8, 4) is 5.75 Å². The molecular formula is C14H15F3N2O3. The maximum Gasteiger partial charge on any atom is 0.397 e. The summed E-state index contributed by atoms with van der Waals surface area (Å²) in [5, 5.41) is 2.18. The molecule has 1 heterocycles. The van der Waals surface area contributed by atoms with E-state index in [2.05, 4.69) is 5.32 Å². The Morgan fingerprint density at radius 3 is 2.68 bits per heavy atom. The molecule has 0 aliphatic carbocycles. The van der Waals surface area contributed by atoms with Crippen molar-refractivity contribution in [1.82, 2.24) is 0 Å². The van der Waals surface area contributed by atoms with Crippen LogP contribution in [0, 0.1) is 0 Å². The number of hydrogen-bond donors (Lipinski definition) is 1. The molecule has 1 aliphatic rings. The molecule has 120 valence electrons. The first-order valence-corrected chi connectivity index (χ1v) is 6.65. The molecule has 2 rings (SSSR count). The zero-order valence-corrected chi connectivity index (χ0v) is 11.9. The predicted molar refractivity (Wildman–Crippen MR) is 73.9 cm³/mol. The number of benzene rings is 1. The molecule has 0 radical (unpaired) electrons. The van der Waals surface area contributed by atoms with Gasteiger partial charge in [-0.15, -0.1) is 0 Å². The van der Waals surface area contributed by atoms with Crippen molar-refractivity contribution in [2.75, 3.05) is 23.9 Å². The van der Waals surface area contributed by atoms with Crippen LogP contribution in [-0.2, 0) is 9.59 Å². The molecule has 5 nitrogen and oxygen atoms in total. The summed E-state index contributed by atoms with van der Waals surface area (Å²) in [5.74, 6) is -0.822. The van der Waals surface area contributed by atoms with Gasteiger partial charge in [0.25, 0.3) is 0 Å². The lowest BCUT2D eigenvalue weighted by Crippen LogP contribution is -2.25. The van der Waals surface area contributed by atoms with Gasteiger partial charge in [-0.1, -0.05) is 0 Å². The van der Waals surface area contributed by atoms with Gasteiger partial charge in [0.15, 0.2) is 0 Å². The number of ether oxygens (including phenoxy) is 1. The monoisotopic (exact) mass is 316 g/mol. The van der Waals surface area contributed by atoms with Crippen LogP contribution in [0.25, 0.3) is 0 Å². The molecule has 1 fully saturated rings. The van der Waals surface area contributed by atoms with Crippen molar-refractivity contribution in [2.45, 2.75) is 25.4 Å². The average molecular weight is 316 g/mol. The number of amides is 2. The SMILES string of the molecule is COc1ccc(NC(=O)CC(F)(F)F)cc1N1CCCC1=O. The Labute approximate surface area is 125 Å². The minimum atomic E-state index is -4.57. The largest absolute Gasteiger partial charge is 0.495 e. The van der Waals surface area contributed by atoms with Gasteiger partial charge >= 0.3 is 6.18 Å². The second-order valence-electron chi connectivity index (χ2n) is 4.88. The summed E-state index contributed by atoms with van der Waals surface area (Å²) >= 11 is 0. The minimum absolute atomic E-state index is 0.0860. The number of nitrogens with one attached hydrogen (secondary N) is 1. The van der Waals surface area contributed by atoms with Crippen LogP contribution in [0.3, 0.4) is 0 Å². The zero-order valence-electron chi connectivity index (χ0n) is 11.9. The summed E-state index contributed by atoms with van der Waals surface area (Å²) in [6.45, 7) is 0.509. The number of anilines is 2. The van der Waals surface area contributed by atoms with Crippen molar-refractivity contribution >= 4 is 23.2 Å². The highest BCUT2D eigenvalue weighted by Crippen LogP contribution is 2.34.